The van der Waals surface area contributed by atoms with Gasteiger partial charge < -0.3 is 14.2 Å². The van der Waals surface area contributed by atoms with E-state index < -0.39 is 0 Å². The van der Waals surface area contributed by atoms with Gasteiger partial charge in [0, 0.05) is 18.5 Å². The highest BCUT2D eigenvalue weighted by molar-refractivity contribution is 9.09. The Morgan fingerprint density at radius 3 is 1.89 bits per heavy atom. The summed E-state index contributed by atoms with van der Waals surface area (Å²) in [7, 11) is 0. The van der Waals surface area contributed by atoms with Crippen LogP contribution >= 0.6 is 15.9 Å². The molecule has 0 saturated carbocycles. The molecule has 0 amide bonds. The standard InChI is InChI=1S/C14H29BrO3/c1-3-5-7-16-9-11-18-12-10-17-8-6-14(4-2)13-15/h14H,3-13H2,1-2H3. The van der Waals surface area contributed by atoms with Crippen molar-refractivity contribution in [3.63, 3.8) is 0 Å². The normalized spacial score (nSPS) is 12.8. The maximum Gasteiger partial charge on any atom is 0.0701 e. The fourth-order valence-corrected chi connectivity index (χ4v) is 2.21. The molecule has 0 aliphatic heterocycles. The lowest BCUT2D eigenvalue weighted by Gasteiger charge is -2.11. The molecule has 0 aliphatic rings. The topological polar surface area (TPSA) is 27.7 Å². The van der Waals surface area contributed by atoms with Crippen molar-refractivity contribution in [1.82, 2.24) is 0 Å². The van der Waals surface area contributed by atoms with Gasteiger partial charge in [0.15, 0.2) is 0 Å². The summed E-state index contributed by atoms with van der Waals surface area (Å²) in [5.41, 5.74) is 0. The Kier molecular flexibility index (Phi) is 15.7. The van der Waals surface area contributed by atoms with Gasteiger partial charge in [-0.3, -0.25) is 0 Å². The first kappa shape index (κ1) is 18.4. The van der Waals surface area contributed by atoms with E-state index in [4.69, 9.17) is 14.2 Å². The third kappa shape index (κ3) is 12.8. The first-order chi connectivity index (χ1) is 8.85. The minimum absolute atomic E-state index is 0.669. The fraction of sp³-hybridized carbons (Fsp3) is 1.00. The van der Waals surface area contributed by atoms with E-state index in [2.05, 4.69) is 29.8 Å². The molecule has 18 heavy (non-hydrogen) atoms. The molecule has 0 N–H and O–H groups in total. The molecule has 0 rings (SSSR count). The van der Waals surface area contributed by atoms with Crippen molar-refractivity contribution in [2.24, 2.45) is 5.92 Å². The summed E-state index contributed by atoms with van der Waals surface area (Å²) in [4.78, 5) is 0. The summed E-state index contributed by atoms with van der Waals surface area (Å²) in [5.74, 6) is 0.734. The van der Waals surface area contributed by atoms with Crippen LogP contribution in [-0.4, -0.2) is 45.0 Å². The highest BCUT2D eigenvalue weighted by Gasteiger charge is 2.03. The minimum Gasteiger partial charge on any atom is -0.379 e. The largest absolute Gasteiger partial charge is 0.379 e. The van der Waals surface area contributed by atoms with Crippen LogP contribution in [0.15, 0.2) is 0 Å². The van der Waals surface area contributed by atoms with Gasteiger partial charge in [0.25, 0.3) is 0 Å². The smallest absolute Gasteiger partial charge is 0.0701 e. The van der Waals surface area contributed by atoms with Crippen molar-refractivity contribution in [3.8, 4) is 0 Å². The van der Waals surface area contributed by atoms with Gasteiger partial charge in [-0.25, -0.2) is 0 Å². The van der Waals surface area contributed by atoms with Crippen molar-refractivity contribution < 1.29 is 14.2 Å². The molecule has 0 aromatic carbocycles. The maximum atomic E-state index is 5.53. The van der Waals surface area contributed by atoms with Crippen LogP contribution in [0.1, 0.15) is 39.5 Å². The second-order valence-corrected chi connectivity index (χ2v) is 5.06. The monoisotopic (exact) mass is 324 g/mol. The molecule has 110 valence electrons. The number of alkyl halides is 1. The third-order valence-electron chi connectivity index (χ3n) is 2.85. The van der Waals surface area contributed by atoms with Crippen LogP contribution < -0.4 is 0 Å². The molecule has 0 radical (unpaired) electrons. The van der Waals surface area contributed by atoms with Gasteiger partial charge in [0.2, 0.25) is 0 Å². The summed E-state index contributed by atoms with van der Waals surface area (Å²) in [5, 5.41) is 1.07. The van der Waals surface area contributed by atoms with E-state index in [9.17, 15) is 0 Å². The molecule has 0 fully saturated rings. The molecule has 4 heteroatoms. The van der Waals surface area contributed by atoms with Gasteiger partial charge in [-0.15, -0.1) is 0 Å². The van der Waals surface area contributed by atoms with E-state index in [-0.39, 0.29) is 0 Å². The molecule has 3 nitrogen and oxygen atoms in total. The van der Waals surface area contributed by atoms with Crippen LogP contribution in [0.5, 0.6) is 0 Å². The molecule has 0 saturated heterocycles. The quantitative estimate of drug-likeness (QED) is 0.360. The molecule has 0 aliphatic carbocycles. The zero-order valence-electron chi connectivity index (χ0n) is 12.0. The Hall–Kier alpha value is 0.360. The van der Waals surface area contributed by atoms with Gasteiger partial charge >= 0.3 is 0 Å². The Balaban J connectivity index is 3.03. The summed E-state index contributed by atoms with van der Waals surface area (Å²) in [6.45, 7) is 8.79. The van der Waals surface area contributed by atoms with Crippen LogP contribution in [0, 0.1) is 5.92 Å². The fourth-order valence-electron chi connectivity index (χ4n) is 1.43. The van der Waals surface area contributed by atoms with Gasteiger partial charge in [-0.2, -0.15) is 0 Å². The van der Waals surface area contributed by atoms with Crippen LogP contribution in [0.3, 0.4) is 0 Å². The lowest BCUT2D eigenvalue weighted by molar-refractivity contribution is 0.0121. The Morgan fingerprint density at radius 2 is 1.39 bits per heavy atom. The highest BCUT2D eigenvalue weighted by Crippen LogP contribution is 2.10. The lowest BCUT2D eigenvalue weighted by Crippen LogP contribution is -2.11. The molecule has 0 bridgehead atoms. The van der Waals surface area contributed by atoms with Crippen molar-refractivity contribution in [3.05, 3.63) is 0 Å². The number of hydrogen-bond donors (Lipinski definition) is 0. The van der Waals surface area contributed by atoms with Gasteiger partial charge in [-0.05, 0) is 18.8 Å². The number of rotatable bonds is 14. The second-order valence-electron chi connectivity index (χ2n) is 4.41. The number of hydrogen-bond acceptors (Lipinski definition) is 3. The van der Waals surface area contributed by atoms with Crippen molar-refractivity contribution >= 4 is 15.9 Å². The van der Waals surface area contributed by atoms with E-state index in [0.29, 0.717) is 26.4 Å². The zero-order valence-corrected chi connectivity index (χ0v) is 13.5. The van der Waals surface area contributed by atoms with E-state index in [0.717, 1.165) is 37.3 Å². The summed E-state index contributed by atoms with van der Waals surface area (Å²) >= 11 is 3.51. The van der Waals surface area contributed by atoms with Gasteiger partial charge in [0.1, 0.15) is 0 Å². The second kappa shape index (κ2) is 15.4. The molecule has 0 heterocycles. The summed E-state index contributed by atoms with van der Waals surface area (Å²) in [6, 6.07) is 0. The zero-order chi connectivity index (χ0) is 13.5. The molecule has 1 atom stereocenters. The SMILES string of the molecule is CCCCOCCOCCOCCC(CC)CBr. The number of halogens is 1. The first-order valence-electron chi connectivity index (χ1n) is 7.14. The molecule has 0 aromatic heterocycles. The highest BCUT2D eigenvalue weighted by atomic mass is 79.9. The number of unbranched alkanes of at least 4 members (excludes halogenated alkanes) is 1. The first-order valence-corrected chi connectivity index (χ1v) is 8.26. The summed E-state index contributed by atoms with van der Waals surface area (Å²) < 4.78 is 16.3. The average Bonchev–Trinajstić information content (AvgIpc) is 2.40. The van der Waals surface area contributed by atoms with E-state index in [1.165, 1.54) is 12.8 Å². The molecular formula is C14H29BrO3. The molecular weight excluding hydrogens is 296 g/mol. The third-order valence-corrected chi connectivity index (χ3v) is 3.77. The van der Waals surface area contributed by atoms with Gasteiger partial charge in [0.05, 0.1) is 26.4 Å². The van der Waals surface area contributed by atoms with Crippen LogP contribution in [0.2, 0.25) is 0 Å². The van der Waals surface area contributed by atoms with Crippen molar-refractivity contribution in [2.75, 3.05) is 45.0 Å². The van der Waals surface area contributed by atoms with Crippen LogP contribution in [-0.2, 0) is 14.2 Å². The van der Waals surface area contributed by atoms with Crippen LogP contribution in [0.4, 0.5) is 0 Å². The maximum absolute atomic E-state index is 5.53. The van der Waals surface area contributed by atoms with E-state index >= 15 is 0 Å². The van der Waals surface area contributed by atoms with Crippen molar-refractivity contribution in [2.45, 2.75) is 39.5 Å². The van der Waals surface area contributed by atoms with E-state index in [1.54, 1.807) is 0 Å². The Labute approximate surface area is 121 Å². The Bertz CT molecular complexity index is 152. The minimum atomic E-state index is 0.669. The van der Waals surface area contributed by atoms with Crippen LogP contribution in [0.25, 0.3) is 0 Å². The molecule has 0 aromatic rings. The molecule has 1 unspecified atom stereocenters. The summed E-state index contributed by atoms with van der Waals surface area (Å²) in [6.07, 6.45) is 4.65. The van der Waals surface area contributed by atoms with Gasteiger partial charge in [-0.1, -0.05) is 42.6 Å². The Morgan fingerprint density at radius 1 is 0.833 bits per heavy atom. The number of ether oxygens (including phenoxy) is 3. The predicted octanol–water partition coefficient (Wildman–Crippen LogP) is 3.65. The average molecular weight is 325 g/mol. The predicted molar refractivity (Wildman–Crippen MR) is 79.6 cm³/mol. The lowest BCUT2D eigenvalue weighted by atomic mass is 10.1. The van der Waals surface area contributed by atoms with Crippen molar-refractivity contribution in [1.29, 1.82) is 0 Å². The molecule has 0 spiro atoms. The van der Waals surface area contributed by atoms with E-state index in [1.807, 2.05) is 0 Å².